The van der Waals surface area contributed by atoms with Crippen LogP contribution in [0.1, 0.15) is 0 Å². The van der Waals surface area contributed by atoms with Crippen LogP contribution in [0.3, 0.4) is 0 Å². The number of esters is 2. The number of aliphatic hydroxyl groups excluding tert-OH is 1. The fourth-order valence-electron chi connectivity index (χ4n) is 2.13. The van der Waals surface area contributed by atoms with E-state index in [4.69, 9.17) is 0 Å². The van der Waals surface area contributed by atoms with Gasteiger partial charge in [0.05, 0.1) is 26.1 Å². The Bertz CT molecular complexity index is 613. The van der Waals surface area contributed by atoms with Gasteiger partial charge in [0, 0.05) is 17.1 Å². The highest BCUT2D eigenvalue weighted by Gasteiger charge is 2.45. The Hall–Kier alpha value is -2.89. The third-order valence-corrected chi connectivity index (χ3v) is 3.17. The molecule has 23 heavy (non-hydrogen) atoms. The molecule has 0 spiro atoms. The Kier molecular flexibility index (Phi) is 6.26. The molecule has 0 saturated heterocycles. The number of ether oxygens (including phenoxy) is 2. The van der Waals surface area contributed by atoms with Gasteiger partial charge in [-0.25, -0.2) is 4.39 Å². The summed E-state index contributed by atoms with van der Waals surface area (Å²) in [6.07, 6.45) is 1.70. The summed E-state index contributed by atoms with van der Waals surface area (Å²) in [7, 11) is 1.97. The third kappa shape index (κ3) is 4.54. The highest BCUT2D eigenvalue weighted by Crippen LogP contribution is 2.31. The van der Waals surface area contributed by atoms with Gasteiger partial charge in [0.25, 0.3) is 0 Å². The minimum absolute atomic E-state index is 0.481. The number of aliphatic hydroxyl groups is 1. The molecule has 0 aromatic carbocycles. The lowest BCUT2D eigenvalue weighted by Crippen LogP contribution is -2.40. The first-order chi connectivity index (χ1) is 10.8. The molecule has 1 aliphatic carbocycles. The quantitative estimate of drug-likeness (QED) is 0.252. The van der Waals surface area contributed by atoms with Crippen molar-refractivity contribution in [3.63, 3.8) is 0 Å². The van der Waals surface area contributed by atoms with Crippen LogP contribution < -0.4 is 0 Å². The van der Waals surface area contributed by atoms with E-state index in [1.165, 1.54) is 0 Å². The largest absolute Gasteiger partial charge is 0.507 e. The molecule has 0 aromatic rings. The lowest BCUT2D eigenvalue weighted by atomic mass is 9.80. The first-order valence-electron chi connectivity index (χ1n) is 6.36. The molecule has 1 N–H and O–H groups in total. The van der Waals surface area contributed by atoms with E-state index in [-0.39, 0.29) is 0 Å². The highest BCUT2D eigenvalue weighted by atomic mass is 19.1. The van der Waals surface area contributed by atoms with Crippen LogP contribution >= 0.6 is 0 Å². The van der Waals surface area contributed by atoms with E-state index < -0.39 is 52.7 Å². The van der Waals surface area contributed by atoms with Crippen molar-refractivity contribution in [3.05, 3.63) is 33.9 Å². The van der Waals surface area contributed by atoms with Crippen molar-refractivity contribution in [1.82, 2.24) is 0 Å². The van der Waals surface area contributed by atoms with Crippen molar-refractivity contribution in [2.45, 2.75) is 0 Å². The second-order valence-corrected chi connectivity index (χ2v) is 4.57. The number of hydrogen-bond donors (Lipinski definition) is 1. The van der Waals surface area contributed by atoms with Gasteiger partial charge >= 0.3 is 11.9 Å². The molecule has 124 valence electrons. The Morgan fingerprint density at radius 2 is 2.00 bits per heavy atom. The monoisotopic (exact) mass is 327 g/mol. The first-order valence-corrected chi connectivity index (χ1v) is 6.36. The minimum Gasteiger partial charge on any atom is -0.507 e. The number of hydrogen-bond acceptors (Lipinski definition) is 7. The van der Waals surface area contributed by atoms with E-state index in [9.17, 15) is 29.2 Å². The van der Waals surface area contributed by atoms with Crippen molar-refractivity contribution in [1.29, 1.82) is 0 Å². The molecule has 0 aliphatic heterocycles. The Balaban J connectivity index is 3.33. The Morgan fingerprint density at radius 3 is 2.48 bits per heavy atom. The maximum atomic E-state index is 14.2. The molecule has 0 saturated carbocycles. The molecule has 8 nitrogen and oxygen atoms in total. The zero-order valence-electron chi connectivity index (χ0n) is 12.3. The number of allylic oxidation sites excluding steroid dienone is 3. The predicted octanol–water partition coefficient (Wildman–Crippen LogP) is 0.770. The van der Waals surface area contributed by atoms with Crippen LogP contribution in [0.25, 0.3) is 0 Å². The van der Waals surface area contributed by atoms with Gasteiger partial charge < -0.3 is 14.6 Å². The molecule has 1 aliphatic rings. The summed E-state index contributed by atoms with van der Waals surface area (Å²) in [6.45, 7) is -0.920. The number of nitrogens with zero attached hydrogens (tertiary/aromatic N) is 1. The molecule has 0 aromatic heterocycles. The lowest BCUT2D eigenvalue weighted by molar-refractivity contribution is -0.490. The number of methoxy groups -OCH3 is 2. The summed E-state index contributed by atoms with van der Waals surface area (Å²) in [4.78, 5) is 33.8. The Labute approximate surface area is 130 Å². The van der Waals surface area contributed by atoms with Gasteiger partial charge in [-0.1, -0.05) is 11.8 Å². The summed E-state index contributed by atoms with van der Waals surface area (Å²) >= 11 is 0. The van der Waals surface area contributed by atoms with E-state index in [1.807, 2.05) is 0 Å². The van der Waals surface area contributed by atoms with Gasteiger partial charge in [-0.15, -0.1) is 0 Å². The van der Waals surface area contributed by atoms with Crippen LogP contribution in [0.4, 0.5) is 4.39 Å². The van der Waals surface area contributed by atoms with Crippen molar-refractivity contribution < 1.29 is 33.5 Å². The molecule has 0 fully saturated rings. The van der Waals surface area contributed by atoms with E-state index in [0.717, 1.165) is 20.3 Å². The van der Waals surface area contributed by atoms with Crippen LogP contribution in [-0.2, 0) is 19.1 Å². The summed E-state index contributed by atoms with van der Waals surface area (Å²) in [6, 6.07) is 0. The summed E-state index contributed by atoms with van der Waals surface area (Å²) < 4.78 is 23.1. The maximum Gasteiger partial charge on any atom is 0.320 e. The van der Waals surface area contributed by atoms with Crippen LogP contribution in [0.15, 0.2) is 23.7 Å². The van der Waals surface area contributed by atoms with E-state index in [2.05, 4.69) is 21.3 Å². The molecule has 2 atom stereocenters. The SMILES string of the molecule is COC(=O)C(C(=O)OC)C(C[N+](=O)[O-])C1C#CC=C(O)C=C1F. The van der Waals surface area contributed by atoms with Gasteiger partial charge in [-0.2, -0.15) is 0 Å². The number of halogens is 1. The van der Waals surface area contributed by atoms with Gasteiger partial charge in [-0.05, 0) is 0 Å². The molecule has 0 amide bonds. The molecule has 1 rings (SSSR count). The van der Waals surface area contributed by atoms with E-state index in [0.29, 0.717) is 6.08 Å². The number of carbonyl (C=O) groups is 2. The van der Waals surface area contributed by atoms with E-state index in [1.54, 1.807) is 0 Å². The normalized spacial score (nSPS) is 17.8. The summed E-state index contributed by atoms with van der Waals surface area (Å²) in [5.41, 5.74) is 0. The van der Waals surface area contributed by atoms with Crippen molar-refractivity contribution in [2.24, 2.45) is 17.8 Å². The first kappa shape index (κ1) is 18.2. The van der Waals surface area contributed by atoms with Crippen molar-refractivity contribution in [3.8, 4) is 11.8 Å². The fourth-order valence-corrected chi connectivity index (χ4v) is 2.13. The number of nitro groups is 1. The molecule has 0 radical (unpaired) electrons. The molecular formula is C14H14FNO7. The van der Waals surface area contributed by atoms with Gasteiger partial charge in [0.2, 0.25) is 6.54 Å². The second-order valence-electron chi connectivity index (χ2n) is 4.57. The molecular weight excluding hydrogens is 313 g/mol. The topological polar surface area (TPSA) is 116 Å². The highest BCUT2D eigenvalue weighted by molar-refractivity contribution is 5.95. The van der Waals surface area contributed by atoms with Crippen LogP contribution in [0.2, 0.25) is 0 Å². The molecule has 2 unspecified atom stereocenters. The average Bonchev–Trinajstić information content (AvgIpc) is 2.65. The number of carbonyl (C=O) groups excluding carboxylic acids is 2. The van der Waals surface area contributed by atoms with Crippen LogP contribution in [-0.4, -0.2) is 42.7 Å². The average molecular weight is 327 g/mol. The third-order valence-electron chi connectivity index (χ3n) is 3.17. The van der Waals surface area contributed by atoms with Crippen LogP contribution in [0.5, 0.6) is 0 Å². The smallest absolute Gasteiger partial charge is 0.320 e. The van der Waals surface area contributed by atoms with Gasteiger partial charge in [0.15, 0.2) is 5.92 Å². The predicted molar refractivity (Wildman–Crippen MR) is 74.0 cm³/mol. The Morgan fingerprint density at radius 1 is 1.43 bits per heavy atom. The molecule has 0 bridgehead atoms. The summed E-state index contributed by atoms with van der Waals surface area (Å²) in [5, 5.41) is 20.2. The minimum atomic E-state index is -1.73. The van der Waals surface area contributed by atoms with Crippen LogP contribution in [0, 0.1) is 39.7 Å². The zero-order valence-corrected chi connectivity index (χ0v) is 12.3. The standard InChI is InChI=1S/C14H14FNO7/c1-22-13(18)12(14(19)23-2)10(7-16(20)21)9-5-3-4-8(17)6-11(9)15/h4,6,9-10,12,17H,7H2,1-2H3. The van der Waals surface area contributed by atoms with Gasteiger partial charge in [-0.3, -0.25) is 19.7 Å². The van der Waals surface area contributed by atoms with E-state index >= 15 is 0 Å². The zero-order chi connectivity index (χ0) is 17.6. The summed E-state index contributed by atoms with van der Waals surface area (Å²) in [5.74, 6) is -3.65. The van der Waals surface area contributed by atoms with Gasteiger partial charge in [0.1, 0.15) is 11.6 Å². The van der Waals surface area contributed by atoms with Crippen molar-refractivity contribution >= 4 is 11.9 Å². The second kappa shape index (κ2) is 7.93. The maximum absolute atomic E-state index is 14.2. The van der Waals surface area contributed by atoms with Crippen molar-refractivity contribution in [2.75, 3.05) is 20.8 Å². The fraction of sp³-hybridized carbons (Fsp3) is 0.429. The molecule has 9 heteroatoms. The molecule has 0 heterocycles. The lowest BCUT2D eigenvalue weighted by Gasteiger charge is -2.24. The number of rotatable bonds is 6.